The SMILES string of the molecule is O=C(O)c1ncccc1-c1cccc2cccnc12. The van der Waals surface area contributed by atoms with Crippen molar-refractivity contribution < 1.29 is 9.90 Å². The van der Waals surface area contributed by atoms with E-state index in [1.54, 1.807) is 18.3 Å². The van der Waals surface area contributed by atoms with Gasteiger partial charge in [0.15, 0.2) is 5.69 Å². The topological polar surface area (TPSA) is 63.1 Å². The molecule has 4 heteroatoms. The molecule has 0 amide bonds. The van der Waals surface area contributed by atoms with Crippen LogP contribution in [0.25, 0.3) is 22.0 Å². The van der Waals surface area contributed by atoms with E-state index >= 15 is 0 Å². The molecule has 0 aliphatic rings. The van der Waals surface area contributed by atoms with Crippen molar-refractivity contribution in [2.75, 3.05) is 0 Å². The summed E-state index contributed by atoms with van der Waals surface area (Å²) in [5.74, 6) is -1.04. The molecule has 4 nitrogen and oxygen atoms in total. The number of rotatable bonds is 2. The minimum atomic E-state index is -1.04. The summed E-state index contributed by atoms with van der Waals surface area (Å²) in [5.41, 5.74) is 2.18. The molecule has 1 aromatic carbocycles. The van der Waals surface area contributed by atoms with Crippen LogP contribution < -0.4 is 0 Å². The van der Waals surface area contributed by atoms with Crippen LogP contribution in [0.3, 0.4) is 0 Å². The van der Waals surface area contributed by atoms with Crippen LogP contribution in [0.2, 0.25) is 0 Å². The van der Waals surface area contributed by atoms with E-state index in [9.17, 15) is 9.90 Å². The van der Waals surface area contributed by atoms with Crippen molar-refractivity contribution >= 4 is 16.9 Å². The zero-order valence-corrected chi connectivity index (χ0v) is 9.95. The largest absolute Gasteiger partial charge is 0.476 e. The van der Waals surface area contributed by atoms with Gasteiger partial charge >= 0.3 is 5.97 Å². The van der Waals surface area contributed by atoms with Crippen molar-refractivity contribution in [1.82, 2.24) is 9.97 Å². The summed E-state index contributed by atoms with van der Waals surface area (Å²) < 4.78 is 0. The second kappa shape index (κ2) is 4.49. The van der Waals surface area contributed by atoms with Crippen LogP contribution in [0.15, 0.2) is 54.9 Å². The monoisotopic (exact) mass is 250 g/mol. The predicted molar refractivity (Wildman–Crippen MR) is 71.9 cm³/mol. The number of carboxylic acid groups (broad SMARTS) is 1. The number of aromatic carboxylic acids is 1. The first-order chi connectivity index (χ1) is 9.27. The van der Waals surface area contributed by atoms with Gasteiger partial charge in [0.25, 0.3) is 0 Å². The highest BCUT2D eigenvalue weighted by Gasteiger charge is 2.14. The fraction of sp³-hybridized carbons (Fsp3) is 0. The predicted octanol–water partition coefficient (Wildman–Crippen LogP) is 3.00. The lowest BCUT2D eigenvalue weighted by Crippen LogP contribution is -2.02. The number of benzene rings is 1. The Morgan fingerprint density at radius 3 is 2.42 bits per heavy atom. The van der Waals surface area contributed by atoms with Crippen LogP contribution in [0.1, 0.15) is 10.5 Å². The summed E-state index contributed by atoms with van der Waals surface area (Å²) in [6.07, 6.45) is 3.17. The molecule has 0 radical (unpaired) electrons. The van der Waals surface area contributed by atoms with Gasteiger partial charge in [0, 0.05) is 28.9 Å². The number of para-hydroxylation sites is 1. The van der Waals surface area contributed by atoms with E-state index in [0.29, 0.717) is 5.56 Å². The maximum Gasteiger partial charge on any atom is 0.355 e. The first-order valence-electron chi connectivity index (χ1n) is 5.80. The number of hydrogen-bond acceptors (Lipinski definition) is 3. The van der Waals surface area contributed by atoms with Crippen molar-refractivity contribution in [3.05, 3.63) is 60.6 Å². The molecule has 0 atom stereocenters. The summed E-state index contributed by atoms with van der Waals surface area (Å²) in [4.78, 5) is 19.5. The van der Waals surface area contributed by atoms with E-state index in [2.05, 4.69) is 9.97 Å². The number of nitrogens with zero attached hydrogens (tertiary/aromatic N) is 2. The molecule has 0 spiro atoms. The zero-order valence-electron chi connectivity index (χ0n) is 9.95. The van der Waals surface area contributed by atoms with Gasteiger partial charge < -0.3 is 5.11 Å². The molecule has 0 aliphatic carbocycles. The van der Waals surface area contributed by atoms with Gasteiger partial charge in [-0.25, -0.2) is 9.78 Å². The lowest BCUT2D eigenvalue weighted by molar-refractivity contribution is 0.0691. The molecule has 92 valence electrons. The van der Waals surface area contributed by atoms with Gasteiger partial charge in [-0.05, 0) is 12.1 Å². The zero-order chi connectivity index (χ0) is 13.2. The maximum atomic E-state index is 11.2. The Labute approximate surface area is 109 Å². The molecule has 3 aromatic rings. The van der Waals surface area contributed by atoms with Gasteiger partial charge in [-0.3, -0.25) is 4.98 Å². The normalized spacial score (nSPS) is 10.5. The molecule has 19 heavy (non-hydrogen) atoms. The molecule has 1 N–H and O–H groups in total. The fourth-order valence-electron chi connectivity index (χ4n) is 2.11. The minimum absolute atomic E-state index is 0.0423. The van der Waals surface area contributed by atoms with E-state index in [4.69, 9.17) is 0 Å². The van der Waals surface area contributed by atoms with Gasteiger partial charge in [-0.2, -0.15) is 0 Å². The van der Waals surface area contributed by atoms with Gasteiger partial charge in [-0.1, -0.05) is 30.3 Å². The van der Waals surface area contributed by atoms with E-state index in [1.165, 1.54) is 6.20 Å². The highest BCUT2D eigenvalue weighted by molar-refractivity contribution is 6.00. The Morgan fingerprint density at radius 2 is 1.58 bits per heavy atom. The number of aromatic nitrogens is 2. The molecule has 2 aromatic heterocycles. The average molecular weight is 250 g/mol. The summed E-state index contributed by atoms with van der Waals surface area (Å²) in [6, 6.07) is 13.0. The summed E-state index contributed by atoms with van der Waals surface area (Å²) in [6.45, 7) is 0. The Kier molecular flexibility index (Phi) is 2.68. The average Bonchev–Trinajstić information content (AvgIpc) is 2.46. The van der Waals surface area contributed by atoms with E-state index < -0.39 is 5.97 Å². The number of fused-ring (bicyclic) bond motifs is 1. The van der Waals surface area contributed by atoms with Crippen molar-refractivity contribution in [3.63, 3.8) is 0 Å². The third kappa shape index (κ3) is 1.93. The molecule has 0 saturated carbocycles. The van der Waals surface area contributed by atoms with Crippen molar-refractivity contribution in [3.8, 4) is 11.1 Å². The Bertz CT molecular complexity index is 763. The third-order valence-electron chi connectivity index (χ3n) is 2.93. The molecule has 3 rings (SSSR count). The summed E-state index contributed by atoms with van der Waals surface area (Å²) in [7, 11) is 0. The molecular weight excluding hydrogens is 240 g/mol. The van der Waals surface area contributed by atoms with Gasteiger partial charge in [0.1, 0.15) is 0 Å². The quantitative estimate of drug-likeness (QED) is 0.759. The molecule has 0 bridgehead atoms. The summed E-state index contributed by atoms with van der Waals surface area (Å²) >= 11 is 0. The highest BCUT2D eigenvalue weighted by atomic mass is 16.4. The third-order valence-corrected chi connectivity index (χ3v) is 2.93. The fourth-order valence-corrected chi connectivity index (χ4v) is 2.11. The molecule has 0 aliphatic heterocycles. The van der Waals surface area contributed by atoms with Crippen LogP contribution in [-0.2, 0) is 0 Å². The second-order valence-electron chi connectivity index (χ2n) is 4.09. The van der Waals surface area contributed by atoms with E-state index in [-0.39, 0.29) is 5.69 Å². The first-order valence-corrected chi connectivity index (χ1v) is 5.80. The number of hydrogen-bond donors (Lipinski definition) is 1. The van der Waals surface area contributed by atoms with Crippen LogP contribution in [0.5, 0.6) is 0 Å². The van der Waals surface area contributed by atoms with Crippen molar-refractivity contribution in [1.29, 1.82) is 0 Å². The van der Waals surface area contributed by atoms with Crippen LogP contribution >= 0.6 is 0 Å². The van der Waals surface area contributed by atoms with Crippen LogP contribution in [0.4, 0.5) is 0 Å². The maximum absolute atomic E-state index is 11.2. The number of pyridine rings is 2. The minimum Gasteiger partial charge on any atom is -0.476 e. The van der Waals surface area contributed by atoms with E-state index in [0.717, 1.165) is 16.5 Å². The van der Waals surface area contributed by atoms with Crippen LogP contribution in [0, 0.1) is 0 Å². The standard InChI is InChI=1S/C15H10N2O2/c18-15(19)14-12(7-3-9-17-14)11-6-1-4-10-5-2-8-16-13(10)11/h1-9H,(H,18,19). The Balaban J connectivity index is 2.34. The Hall–Kier alpha value is -2.75. The molecule has 0 saturated heterocycles. The second-order valence-corrected chi connectivity index (χ2v) is 4.09. The first kappa shape index (κ1) is 11.3. The Morgan fingerprint density at radius 1 is 0.895 bits per heavy atom. The van der Waals surface area contributed by atoms with Gasteiger partial charge in [0.05, 0.1) is 5.52 Å². The number of carboxylic acids is 1. The smallest absolute Gasteiger partial charge is 0.355 e. The van der Waals surface area contributed by atoms with E-state index in [1.807, 2.05) is 30.3 Å². The lowest BCUT2D eigenvalue weighted by atomic mass is 10.0. The van der Waals surface area contributed by atoms with Crippen LogP contribution in [-0.4, -0.2) is 21.0 Å². The van der Waals surface area contributed by atoms with Gasteiger partial charge in [-0.15, -0.1) is 0 Å². The van der Waals surface area contributed by atoms with Gasteiger partial charge in [0.2, 0.25) is 0 Å². The lowest BCUT2D eigenvalue weighted by Gasteiger charge is -2.07. The molecular formula is C15H10N2O2. The molecule has 0 unspecified atom stereocenters. The molecule has 2 heterocycles. The molecule has 0 fully saturated rings. The number of carbonyl (C=O) groups is 1. The summed E-state index contributed by atoms with van der Waals surface area (Å²) in [5, 5.41) is 10.2. The van der Waals surface area contributed by atoms with Crippen molar-refractivity contribution in [2.45, 2.75) is 0 Å². The van der Waals surface area contributed by atoms with Crippen molar-refractivity contribution in [2.24, 2.45) is 0 Å². The highest BCUT2D eigenvalue weighted by Crippen LogP contribution is 2.28.